The molecular weight excluding hydrogens is 329 g/mol. The Kier molecular flexibility index (Phi) is 6.00. The summed E-state index contributed by atoms with van der Waals surface area (Å²) in [7, 11) is 0. The van der Waals surface area contributed by atoms with Crippen LogP contribution in [0.1, 0.15) is 38.5 Å². The van der Waals surface area contributed by atoms with E-state index in [1.165, 1.54) is 0 Å². The maximum absolute atomic E-state index is 6.22. The molecule has 0 aliphatic carbocycles. The number of rotatable bonds is 6. The topological polar surface area (TPSA) is 25.2 Å². The van der Waals surface area contributed by atoms with Gasteiger partial charge in [0.25, 0.3) is 0 Å². The molecule has 1 unspecified atom stereocenters. The Morgan fingerprint density at radius 2 is 1.76 bits per heavy atom. The van der Waals surface area contributed by atoms with E-state index < -0.39 is 0 Å². The monoisotopic (exact) mass is 345 g/mol. The van der Waals surface area contributed by atoms with Gasteiger partial charge >= 0.3 is 0 Å². The first kappa shape index (κ1) is 16.7. The lowest BCUT2D eigenvalue weighted by Crippen LogP contribution is -2.20. The molecule has 1 heterocycles. The largest absolute Gasteiger partial charge is 0.459 e. The quantitative estimate of drug-likeness (QED) is 0.616. The molecule has 1 aromatic heterocycles. The summed E-state index contributed by atoms with van der Waals surface area (Å²) in [5.74, 6) is 1.61. The molecule has 2 aromatic rings. The molecule has 21 heavy (non-hydrogen) atoms. The number of furan rings is 1. The smallest absolute Gasteiger partial charge is 0.135 e. The average Bonchev–Trinajstić information content (AvgIpc) is 2.93. The molecule has 2 nitrogen and oxygen atoms in total. The van der Waals surface area contributed by atoms with Gasteiger partial charge in [-0.05, 0) is 43.7 Å². The average molecular weight is 347 g/mol. The van der Waals surface area contributed by atoms with E-state index in [0.29, 0.717) is 20.8 Å². The van der Waals surface area contributed by atoms with Crippen LogP contribution in [0, 0.1) is 0 Å². The molecule has 0 saturated carbocycles. The fraction of sp³-hybridized carbons (Fsp3) is 0.375. The van der Waals surface area contributed by atoms with E-state index in [9.17, 15) is 0 Å². The minimum absolute atomic E-state index is 0.209. The summed E-state index contributed by atoms with van der Waals surface area (Å²) in [6, 6.07) is 7.47. The summed E-state index contributed by atoms with van der Waals surface area (Å²) < 4.78 is 5.95. The molecule has 0 fully saturated rings. The van der Waals surface area contributed by atoms with Gasteiger partial charge in [-0.2, -0.15) is 0 Å². The zero-order valence-electron chi connectivity index (χ0n) is 12.1. The molecule has 114 valence electrons. The summed E-state index contributed by atoms with van der Waals surface area (Å²) >= 11 is 18.2. The minimum Gasteiger partial charge on any atom is -0.459 e. The van der Waals surface area contributed by atoms with Gasteiger partial charge < -0.3 is 9.73 Å². The summed E-state index contributed by atoms with van der Waals surface area (Å²) in [4.78, 5) is 0. The summed E-state index contributed by atoms with van der Waals surface area (Å²) in [6.45, 7) is 5.23. The fourth-order valence-electron chi connectivity index (χ4n) is 2.16. The first-order valence-corrected chi connectivity index (χ1v) is 8.18. The van der Waals surface area contributed by atoms with Gasteiger partial charge in [0.15, 0.2) is 0 Å². The molecule has 1 N–H and O–H groups in total. The molecule has 0 saturated heterocycles. The van der Waals surface area contributed by atoms with Gasteiger partial charge in [-0.3, -0.25) is 0 Å². The number of hydrogen-bond acceptors (Lipinski definition) is 2. The highest BCUT2D eigenvalue weighted by Crippen LogP contribution is 2.36. The second kappa shape index (κ2) is 7.55. The first-order valence-electron chi connectivity index (χ1n) is 7.04. The maximum Gasteiger partial charge on any atom is 0.135 e. The molecule has 0 radical (unpaired) electrons. The van der Waals surface area contributed by atoms with Gasteiger partial charge in [-0.25, -0.2) is 0 Å². The Hall–Kier alpha value is -0.670. The highest BCUT2D eigenvalue weighted by atomic mass is 35.5. The Morgan fingerprint density at radius 3 is 2.43 bits per heavy atom. The molecule has 1 atom stereocenters. The highest BCUT2D eigenvalue weighted by Gasteiger charge is 2.16. The molecule has 0 aliphatic heterocycles. The standard InChI is InChI=1S/C16H18Cl3NO/c1-3-7-20-14(4-2)16-6-5-15(21-16)10-8-12(18)13(19)9-11(10)17/h5-6,8-9,14,20H,3-4,7H2,1-2H3. The van der Waals surface area contributed by atoms with Crippen LogP contribution < -0.4 is 5.32 Å². The van der Waals surface area contributed by atoms with Gasteiger partial charge in [0.1, 0.15) is 11.5 Å². The Labute approximate surface area is 140 Å². The van der Waals surface area contributed by atoms with E-state index in [2.05, 4.69) is 19.2 Å². The van der Waals surface area contributed by atoms with E-state index in [1.807, 2.05) is 12.1 Å². The third-order valence-corrected chi connectivity index (χ3v) is 4.33. The van der Waals surface area contributed by atoms with Crippen molar-refractivity contribution in [2.45, 2.75) is 32.7 Å². The zero-order valence-corrected chi connectivity index (χ0v) is 14.3. The van der Waals surface area contributed by atoms with Gasteiger partial charge in [0.05, 0.1) is 21.1 Å². The number of nitrogens with one attached hydrogen (secondary N) is 1. The van der Waals surface area contributed by atoms with Crippen LogP contribution in [0.15, 0.2) is 28.7 Å². The zero-order chi connectivity index (χ0) is 15.4. The van der Waals surface area contributed by atoms with Crippen LogP contribution in [-0.4, -0.2) is 6.54 Å². The van der Waals surface area contributed by atoms with Gasteiger partial charge in [-0.1, -0.05) is 48.7 Å². The van der Waals surface area contributed by atoms with Crippen molar-refractivity contribution in [2.24, 2.45) is 0 Å². The van der Waals surface area contributed by atoms with Crippen molar-refractivity contribution in [3.8, 4) is 11.3 Å². The highest BCUT2D eigenvalue weighted by molar-refractivity contribution is 6.44. The Bertz CT molecular complexity index is 610. The molecular formula is C16H18Cl3NO. The third-order valence-electron chi connectivity index (χ3n) is 3.29. The van der Waals surface area contributed by atoms with E-state index in [4.69, 9.17) is 39.2 Å². The summed E-state index contributed by atoms with van der Waals surface area (Å²) in [6.07, 6.45) is 2.05. The first-order chi connectivity index (χ1) is 10.1. The molecule has 2 rings (SSSR count). The van der Waals surface area contributed by atoms with Crippen molar-refractivity contribution in [3.05, 3.63) is 45.1 Å². The second-order valence-corrected chi connectivity index (χ2v) is 6.08. The van der Waals surface area contributed by atoms with Crippen LogP contribution in [0.4, 0.5) is 0 Å². The van der Waals surface area contributed by atoms with Crippen LogP contribution >= 0.6 is 34.8 Å². The van der Waals surface area contributed by atoms with E-state index in [1.54, 1.807) is 12.1 Å². The van der Waals surface area contributed by atoms with Gasteiger partial charge in [-0.15, -0.1) is 0 Å². The lowest BCUT2D eigenvalue weighted by molar-refractivity contribution is 0.411. The lowest BCUT2D eigenvalue weighted by Gasteiger charge is -2.13. The van der Waals surface area contributed by atoms with E-state index in [-0.39, 0.29) is 6.04 Å². The predicted molar refractivity (Wildman–Crippen MR) is 90.5 cm³/mol. The lowest BCUT2D eigenvalue weighted by atomic mass is 10.1. The van der Waals surface area contributed by atoms with Crippen LogP contribution in [0.5, 0.6) is 0 Å². The Balaban J connectivity index is 2.29. The molecule has 5 heteroatoms. The van der Waals surface area contributed by atoms with Crippen molar-refractivity contribution in [2.75, 3.05) is 6.54 Å². The predicted octanol–water partition coefficient (Wildman–Crippen LogP) is 6.36. The molecule has 1 aromatic carbocycles. The molecule has 0 amide bonds. The number of halogens is 3. The third kappa shape index (κ3) is 3.95. The summed E-state index contributed by atoms with van der Waals surface area (Å²) in [5, 5.41) is 4.89. The minimum atomic E-state index is 0.209. The number of benzene rings is 1. The van der Waals surface area contributed by atoms with Crippen molar-refractivity contribution >= 4 is 34.8 Å². The van der Waals surface area contributed by atoms with Crippen LogP contribution in [0.3, 0.4) is 0 Å². The number of hydrogen-bond donors (Lipinski definition) is 1. The molecule has 0 spiro atoms. The van der Waals surface area contributed by atoms with Crippen molar-refractivity contribution in [1.82, 2.24) is 5.32 Å². The van der Waals surface area contributed by atoms with Crippen molar-refractivity contribution in [3.63, 3.8) is 0 Å². The van der Waals surface area contributed by atoms with Gasteiger partial charge in [0.2, 0.25) is 0 Å². The fourth-order valence-corrected chi connectivity index (χ4v) is 2.80. The maximum atomic E-state index is 6.22. The molecule has 0 bridgehead atoms. The van der Waals surface area contributed by atoms with Crippen LogP contribution in [0.2, 0.25) is 15.1 Å². The van der Waals surface area contributed by atoms with Gasteiger partial charge in [0, 0.05) is 5.56 Å². The van der Waals surface area contributed by atoms with Crippen LogP contribution in [0.25, 0.3) is 11.3 Å². The molecule has 0 aliphatic rings. The van der Waals surface area contributed by atoms with Crippen LogP contribution in [-0.2, 0) is 0 Å². The SMILES string of the molecule is CCCNC(CC)c1ccc(-c2cc(Cl)c(Cl)cc2Cl)o1. The van der Waals surface area contributed by atoms with Crippen molar-refractivity contribution in [1.29, 1.82) is 0 Å². The van der Waals surface area contributed by atoms with E-state index in [0.717, 1.165) is 30.7 Å². The van der Waals surface area contributed by atoms with E-state index >= 15 is 0 Å². The van der Waals surface area contributed by atoms with Crippen molar-refractivity contribution < 1.29 is 4.42 Å². The normalized spacial score (nSPS) is 12.6. The Morgan fingerprint density at radius 1 is 1.05 bits per heavy atom. The second-order valence-electron chi connectivity index (χ2n) is 4.86. The summed E-state index contributed by atoms with van der Waals surface area (Å²) in [5.41, 5.74) is 0.752.